The highest BCUT2D eigenvalue weighted by Gasteiger charge is 2.25. The number of nitrogens with one attached hydrogen (secondary N) is 1. The van der Waals surface area contributed by atoms with Crippen LogP contribution in [-0.2, 0) is 6.54 Å². The molecule has 6 nitrogen and oxygen atoms in total. The standard InChI is InChI=1S/C26H32N4O2/c1-19-15-24(20(2)30(19)18-22-10-4-5-12-27-22)26(31)28-17-25(29-13-6-7-14-29)21-9-8-11-23(16-21)32-3/h4-5,8-12,15-16,25H,6-7,13-14,17-18H2,1-3H3,(H,28,31). The molecule has 32 heavy (non-hydrogen) atoms. The Kier molecular flexibility index (Phi) is 6.90. The molecule has 1 fully saturated rings. The molecule has 1 aliphatic rings. The Morgan fingerprint density at radius 1 is 1.12 bits per heavy atom. The number of hydrogen-bond acceptors (Lipinski definition) is 4. The second-order valence-electron chi connectivity index (χ2n) is 8.44. The van der Waals surface area contributed by atoms with Crippen molar-refractivity contribution >= 4 is 5.91 Å². The Bertz CT molecular complexity index is 1050. The number of likely N-dealkylation sites (tertiary alicyclic amines) is 1. The zero-order valence-electron chi connectivity index (χ0n) is 19.2. The lowest BCUT2D eigenvalue weighted by Crippen LogP contribution is -2.37. The van der Waals surface area contributed by atoms with E-state index in [1.54, 1.807) is 13.3 Å². The minimum atomic E-state index is -0.0301. The summed E-state index contributed by atoms with van der Waals surface area (Å²) in [5.74, 6) is 0.813. The summed E-state index contributed by atoms with van der Waals surface area (Å²) in [5, 5.41) is 3.21. The highest BCUT2D eigenvalue weighted by molar-refractivity contribution is 5.95. The lowest BCUT2D eigenvalue weighted by molar-refractivity contribution is 0.0937. The normalized spacial score (nSPS) is 15.0. The lowest BCUT2D eigenvalue weighted by atomic mass is 10.0. The van der Waals surface area contributed by atoms with Gasteiger partial charge >= 0.3 is 0 Å². The van der Waals surface area contributed by atoms with Gasteiger partial charge in [-0.25, -0.2) is 0 Å². The maximum Gasteiger partial charge on any atom is 0.253 e. The van der Waals surface area contributed by atoms with E-state index in [9.17, 15) is 4.79 Å². The maximum absolute atomic E-state index is 13.2. The van der Waals surface area contributed by atoms with E-state index in [1.807, 2.05) is 50.2 Å². The number of nitrogens with zero attached hydrogens (tertiary/aromatic N) is 3. The lowest BCUT2D eigenvalue weighted by Gasteiger charge is -2.28. The van der Waals surface area contributed by atoms with Crippen molar-refractivity contribution in [1.29, 1.82) is 0 Å². The van der Waals surface area contributed by atoms with E-state index < -0.39 is 0 Å². The van der Waals surface area contributed by atoms with Crippen LogP contribution >= 0.6 is 0 Å². The first kappa shape index (κ1) is 22.1. The highest BCUT2D eigenvalue weighted by Crippen LogP contribution is 2.27. The summed E-state index contributed by atoms with van der Waals surface area (Å²) in [5.41, 5.74) is 4.90. The number of rotatable bonds is 8. The molecule has 0 saturated carbocycles. The van der Waals surface area contributed by atoms with Gasteiger partial charge in [-0.3, -0.25) is 14.7 Å². The Hall–Kier alpha value is -3.12. The molecule has 0 spiro atoms. The van der Waals surface area contributed by atoms with Gasteiger partial charge in [0.25, 0.3) is 5.91 Å². The van der Waals surface area contributed by atoms with Crippen molar-refractivity contribution in [3.63, 3.8) is 0 Å². The average Bonchev–Trinajstić information content (AvgIpc) is 3.44. The minimum Gasteiger partial charge on any atom is -0.497 e. The number of aromatic nitrogens is 2. The van der Waals surface area contributed by atoms with Crippen molar-refractivity contribution < 1.29 is 9.53 Å². The maximum atomic E-state index is 13.2. The number of methoxy groups -OCH3 is 1. The van der Waals surface area contributed by atoms with E-state index in [1.165, 1.54) is 18.4 Å². The Morgan fingerprint density at radius 2 is 1.94 bits per heavy atom. The van der Waals surface area contributed by atoms with Crippen LogP contribution in [0.5, 0.6) is 5.75 Å². The quantitative estimate of drug-likeness (QED) is 0.582. The van der Waals surface area contributed by atoms with E-state index in [-0.39, 0.29) is 11.9 Å². The molecule has 1 unspecified atom stereocenters. The molecule has 3 aromatic rings. The van der Waals surface area contributed by atoms with Gasteiger partial charge in [-0.1, -0.05) is 18.2 Å². The van der Waals surface area contributed by atoms with Crippen LogP contribution in [0.2, 0.25) is 0 Å². The molecule has 1 N–H and O–H groups in total. The topological polar surface area (TPSA) is 59.4 Å². The van der Waals surface area contributed by atoms with Crippen molar-refractivity contribution in [3.05, 3.63) is 82.9 Å². The Morgan fingerprint density at radius 3 is 2.66 bits per heavy atom. The van der Waals surface area contributed by atoms with Crippen LogP contribution in [0.15, 0.2) is 54.7 Å². The molecule has 1 aliphatic heterocycles. The van der Waals surface area contributed by atoms with Gasteiger partial charge in [-0.05, 0) is 75.7 Å². The summed E-state index contributed by atoms with van der Waals surface area (Å²) in [4.78, 5) is 20.1. The number of amides is 1. The molecule has 4 rings (SSSR count). The number of hydrogen-bond donors (Lipinski definition) is 1. The van der Waals surface area contributed by atoms with E-state index >= 15 is 0 Å². The molecule has 1 saturated heterocycles. The first-order chi connectivity index (χ1) is 15.6. The molecule has 3 heterocycles. The largest absolute Gasteiger partial charge is 0.497 e. The number of pyridine rings is 1. The smallest absolute Gasteiger partial charge is 0.253 e. The molecule has 1 aromatic carbocycles. The van der Waals surface area contributed by atoms with Gasteiger partial charge in [-0.15, -0.1) is 0 Å². The van der Waals surface area contributed by atoms with Crippen LogP contribution in [0.4, 0.5) is 0 Å². The predicted molar refractivity (Wildman–Crippen MR) is 126 cm³/mol. The minimum absolute atomic E-state index is 0.0301. The second kappa shape index (κ2) is 10.0. The second-order valence-corrected chi connectivity index (χ2v) is 8.44. The molecule has 0 aliphatic carbocycles. The third-order valence-electron chi connectivity index (χ3n) is 6.38. The fourth-order valence-corrected chi connectivity index (χ4v) is 4.57. The fraction of sp³-hybridized carbons (Fsp3) is 0.385. The molecule has 1 amide bonds. The van der Waals surface area contributed by atoms with Gasteiger partial charge < -0.3 is 14.6 Å². The molecule has 0 bridgehead atoms. The monoisotopic (exact) mass is 432 g/mol. The molecular formula is C26H32N4O2. The van der Waals surface area contributed by atoms with Gasteiger partial charge in [0.2, 0.25) is 0 Å². The predicted octanol–water partition coefficient (Wildman–Crippen LogP) is 4.12. The molecular weight excluding hydrogens is 400 g/mol. The number of aryl methyl sites for hydroxylation is 1. The van der Waals surface area contributed by atoms with Gasteiger partial charge in [0.1, 0.15) is 5.75 Å². The zero-order chi connectivity index (χ0) is 22.5. The molecule has 1 atom stereocenters. The van der Waals surface area contributed by atoms with Crippen molar-refractivity contribution in [2.24, 2.45) is 0 Å². The SMILES string of the molecule is COc1cccc(C(CNC(=O)c2cc(C)n(Cc3ccccn3)c2C)N2CCCC2)c1. The molecule has 168 valence electrons. The van der Waals surface area contributed by atoms with Gasteiger partial charge in [-0.2, -0.15) is 0 Å². The zero-order valence-corrected chi connectivity index (χ0v) is 19.2. The van der Waals surface area contributed by atoms with Crippen molar-refractivity contribution in [2.75, 3.05) is 26.7 Å². The molecule has 2 aromatic heterocycles. The van der Waals surface area contributed by atoms with E-state index in [4.69, 9.17) is 4.74 Å². The summed E-state index contributed by atoms with van der Waals surface area (Å²) in [6, 6.07) is 16.2. The van der Waals surface area contributed by atoms with Crippen LogP contribution in [0.3, 0.4) is 0 Å². The van der Waals surface area contributed by atoms with Crippen LogP contribution in [0.25, 0.3) is 0 Å². The van der Waals surface area contributed by atoms with Gasteiger partial charge in [0.15, 0.2) is 0 Å². The molecule has 0 radical (unpaired) electrons. The van der Waals surface area contributed by atoms with E-state index in [0.717, 1.165) is 41.5 Å². The first-order valence-electron chi connectivity index (χ1n) is 11.3. The summed E-state index contributed by atoms with van der Waals surface area (Å²) < 4.78 is 7.58. The Labute approximate surface area is 190 Å². The number of benzene rings is 1. The van der Waals surface area contributed by atoms with Crippen LogP contribution in [0.1, 0.15) is 51.9 Å². The van der Waals surface area contributed by atoms with Crippen molar-refractivity contribution in [2.45, 2.75) is 39.3 Å². The van der Waals surface area contributed by atoms with E-state index in [0.29, 0.717) is 13.1 Å². The molecule has 6 heteroatoms. The third-order valence-corrected chi connectivity index (χ3v) is 6.38. The third kappa shape index (κ3) is 4.86. The summed E-state index contributed by atoms with van der Waals surface area (Å²) in [6.45, 7) is 7.37. The number of ether oxygens (including phenoxy) is 1. The summed E-state index contributed by atoms with van der Waals surface area (Å²) >= 11 is 0. The summed E-state index contributed by atoms with van der Waals surface area (Å²) in [6.07, 6.45) is 4.19. The fourth-order valence-electron chi connectivity index (χ4n) is 4.57. The van der Waals surface area contributed by atoms with Crippen molar-refractivity contribution in [1.82, 2.24) is 19.8 Å². The number of carbonyl (C=O) groups is 1. The van der Waals surface area contributed by atoms with Gasteiger partial charge in [0.05, 0.1) is 31.0 Å². The highest BCUT2D eigenvalue weighted by atomic mass is 16.5. The van der Waals surface area contributed by atoms with E-state index in [2.05, 4.69) is 31.9 Å². The average molecular weight is 433 g/mol. The van der Waals surface area contributed by atoms with Gasteiger partial charge in [0, 0.05) is 24.1 Å². The Balaban J connectivity index is 1.50. The van der Waals surface area contributed by atoms with Crippen molar-refractivity contribution in [3.8, 4) is 5.75 Å². The summed E-state index contributed by atoms with van der Waals surface area (Å²) in [7, 11) is 1.69. The van der Waals surface area contributed by atoms with Crippen LogP contribution < -0.4 is 10.1 Å². The van der Waals surface area contributed by atoms with Crippen LogP contribution in [0, 0.1) is 13.8 Å². The first-order valence-corrected chi connectivity index (χ1v) is 11.3. The number of carbonyl (C=O) groups excluding carboxylic acids is 1. The van der Waals surface area contributed by atoms with Crippen LogP contribution in [-0.4, -0.2) is 47.1 Å².